The molecule has 0 saturated heterocycles. The Hall–Kier alpha value is -3.96. The molecule has 33 heavy (non-hydrogen) atoms. The molecule has 0 radical (unpaired) electrons. The summed E-state index contributed by atoms with van der Waals surface area (Å²) in [5.74, 6) is -0.386. The molecule has 1 aliphatic heterocycles. The Kier molecular flexibility index (Phi) is 5.99. The molecule has 0 atom stereocenters. The number of carbonyl (C=O) groups excluding carboxylic acids is 2. The van der Waals surface area contributed by atoms with E-state index >= 15 is 0 Å². The van der Waals surface area contributed by atoms with Crippen molar-refractivity contribution in [2.24, 2.45) is 0 Å². The number of imide groups is 1. The Morgan fingerprint density at radius 2 is 1.85 bits per heavy atom. The van der Waals surface area contributed by atoms with Gasteiger partial charge in [-0.1, -0.05) is 18.2 Å². The Morgan fingerprint density at radius 1 is 1.12 bits per heavy atom. The van der Waals surface area contributed by atoms with Crippen molar-refractivity contribution in [3.8, 4) is 28.8 Å². The number of amides is 2. The number of hydrogen-bond acceptors (Lipinski definition) is 5. The smallest absolute Gasteiger partial charge is 0.271 e. The predicted octanol–water partition coefficient (Wildman–Crippen LogP) is 4.53. The largest absolute Gasteiger partial charge is 0.496 e. The highest BCUT2D eigenvalue weighted by Gasteiger charge is 2.33. The van der Waals surface area contributed by atoms with Gasteiger partial charge in [0.15, 0.2) is 0 Å². The van der Waals surface area contributed by atoms with Crippen LogP contribution in [0.1, 0.15) is 12.5 Å². The first kappa shape index (κ1) is 22.2. The van der Waals surface area contributed by atoms with Crippen LogP contribution in [-0.2, 0) is 9.59 Å². The summed E-state index contributed by atoms with van der Waals surface area (Å²) >= 11 is 3.51. The van der Waals surface area contributed by atoms with Crippen LogP contribution in [0.5, 0.6) is 5.75 Å². The molecule has 2 amide bonds. The van der Waals surface area contributed by atoms with Gasteiger partial charge in [-0.3, -0.25) is 14.5 Å². The second-order valence-corrected chi connectivity index (χ2v) is 8.26. The normalized spacial score (nSPS) is 15.2. The summed E-state index contributed by atoms with van der Waals surface area (Å²) in [6.07, 6.45) is 3.50. The van der Waals surface area contributed by atoms with Crippen LogP contribution in [0.4, 0.5) is 0 Å². The van der Waals surface area contributed by atoms with E-state index in [0.29, 0.717) is 22.6 Å². The van der Waals surface area contributed by atoms with Gasteiger partial charge in [0.2, 0.25) is 0 Å². The summed E-state index contributed by atoms with van der Waals surface area (Å²) in [5, 5.41) is 14.2. The number of likely N-dealkylation sites (N-methyl/N-ethyl adjacent to an activating group) is 1. The molecule has 0 unspecified atom stereocenters. The van der Waals surface area contributed by atoms with Crippen LogP contribution in [0.25, 0.3) is 23.0 Å². The molecular formula is C25H19BrN4O3. The molecule has 3 aromatic rings. The molecule has 2 heterocycles. The van der Waals surface area contributed by atoms with Crippen molar-refractivity contribution in [3.63, 3.8) is 0 Å². The zero-order valence-corrected chi connectivity index (χ0v) is 19.8. The minimum Gasteiger partial charge on any atom is -0.496 e. The van der Waals surface area contributed by atoms with Gasteiger partial charge in [0.1, 0.15) is 23.1 Å². The molecule has 1 aromatic heterocycles. The summed E-state index contributed by atoms with van der Waals surface area (Å²) in [4.78, 5) is 26.2. The number of benzene rings is 2. The predicted molar refractivity (Wildman–Crippen MR) is 127 cm³/mol. The van der Waals surface area contributed by atoms with E-state index in [2.05, 4.69) is 15.9 Å². The van der Waals surface area contributed by atoms with E-state index in [4.69, 9.17) is 9.84 Å². The topological polar surface area (TPSA) is 88.2 Å². The van der Waals surface area contributed by atoms with E-state index in [0.717, 1.165) is 20.6 Å². The third-order valence-electron chi connectivity index (χ3n) is 5.43. The van der Waals surface area contributed by atoms with E-state index in [-0.39, 0.29) is 11.1 Å². The van der Waals surface area contributed by atoms with Gasteiger partial charge in [0.25, 0.3) is 11.8 Å². The number of hydrogen-bond donors (Lipinski definition) is 0. The Morgan fingerprint density at radius 3 is 2.48 bits per heavy atom. The number of aromatic nitrogens is 2. The molecule has 0 bridgehead atoms. The van der Waals surface area contributed by atoms with Gasteiger partial charge in [-0.05, 0) is 64.8 Å². The fraction of sp³-hybridized carbons (Fsp3) is 0.120. The van der Waals surface area contributed by atoms with Crippen LogP contribution in [0, 0.1) is 11.3 Å². The minimum absolute atomic E-state index is 0.0486. The second-order valence-electron chi connectivity index (χ2n) is 7.40. The number of methoxy groups -OCH3 is 1. The van der Waals surface area contributed by atoms with Gasteiger partial charge in [0.05, 0.1) is 17.3 Å². The summed E-state index contributed by atoms with van der Waals surface area (Å²) in [5.41, 5.74) is 3.52. The maximum atomic E-state index is 12.9. The quantitative estimate of drug-likeness (QED) is 0.386. The Balaban J connectivity index is 1.94. The summed E-state index contributed by atoms with van der Waals surface area (Å²) in [6, 6.07) is 17.1. The maximum absolute atomic E-state index is 12.9. The lowest BCUT2D eigenvalue weighted by atomic mass is 9.93. The molecular weight excluding hydrogens is 484 g/mol. The number of nitriles is 1. The average Bonchev–Trinajstić information content (AvgIpc) is 3.25. The number of ether oxygens (including phenoxy) is 1. The SMILES string of the molecule is COc1ccc(-c2nn(-c3ccccc3)cc2/C=C2/C(=O)N(C)C(=O)C(C#N)=C2C)cc1Br. The van der Waals surface area contributed by atoms with Crippen molar-refractivity contribution in [2.75, 3.05) is 14.2 Å². The van der Waals surface area contributed by atoms with Crippen LogP contribution in [0.2, 0.25) is 0 Å². The van der Waals surface area contributed by atoms with E-state index in [9.17, 15) is 14.9 Å². The van der Waals surface area contributed by atoms with Gasteiger partial charge in [-0.2, -0.15) is 10.4 Å². The number of carbonyl (C=O) groups is 2. The molecule has 7 nitrogen and oxygen atoms in total. The number of rotatable bonds is 4. The van der Waals surface area contributed by atoms with Gasteiger partial charge in [0, 0.05) is 29.9 Å². The number of halogens is 1. The first-order valence-corrected chi connectivity index (χ1v) is 10.8. The van der Waals surface area contributed by atoms with Gasteiger partial charge >= 0.3 is 0 Å². The summed E-state index contributed by atoms with van der Waals surface area (Å²) in [7, 11) is 2.96. The molecule has 2 aromatic carbocycles. The highest BCUT2D eigenvalue weighted by molar-refractivity contribution is 9.10. The lowest BCUT2D eigenvalue weighted by molar-refractivity contribution is -0.138. The highest BCUT2D eigenvalue weighted by Crippen LogP contribution is 2.34. The Labute approximate surface area is 199 Å². The maximum Gasteiger partial charge on any atom is 0.271 e. The van der Waals surface area contributed by atoms with Crippen LogP contribution >= 0.6 is 15.9 Å². The van der Waals surface area contributed by atoms with Crippen molar-refractivity contribution in [1.82, 2.24) is 14.7 Å². The third kappa shape index (κ3) is 3.99. The molecule has 0 saturated carbocycles. The average molecular weight is 503 g/mol. The van der Waals surface area contributed by atoms with Crippen molar-refractivity contribution < 1.29 is 14.3 Å². The van der Waals surface area contributed by atoms with E-state index in [1.54, 1.807) is 24.8 Å². The fourth-order valence-electron chi connectivity index (χ4n) is 3.60. The van der Waals surface area contributed by atoms with E-state index in [1.807, 2.05) is 60.8 Å². The second kappa shape index (κ2) is 8.88. The molecule has 0 spiro atoms. The van der Waals surface area contributed by atoms with Crippen LogP contribution in [-0.4, -0.2) is 40.7 Å². The molecule has 1 aliphatic rings. The number of nitrogens with zero attached hydrogens (tertiary/aromatic N) is 4. The van der Waals surface area contributed by atoms with Crippen molar-refractivity contribution in [3.05, 3.63) is 81.5 Å². The standard InChI is InChI=1S/C25H19BrN4O3/c1-15-19(24(31)29(2)25(32)20(15)13-27)11-17-14-30(18-7-5-4-6-8-18)28-23(17)16-9-10-22(33-3)21(26)12-16/h4-12,14H,1-3H3/b19-11+. The zero-order valence-electron chi connectivity index (χ0n) is 18.2. The monoisotopic (exact) mass is 502 g/mol. The third-order valence-corrected chi connectivity index (χ3v) is 6.05. The fourth-order valence-corrected chi connectivity index (χ4v) is 4.14. The lowest BCUT2D eigenvalue weighted by Crippen LogP contribution is -2.39. The van der Waals surface area contributed by atoms with Gasteiger partial charge in [-0.15, -0.1) is 0 Å². The van der Waals surface area contributed by atoms with Gasteiger partial charge in [-0.25, -0.2) is 4.68 Å². The van der Waals surface area contributed by atoms with Crippen LogP contribution in [0.3, 0.4) is 0 Å². The molecule has 164 valence electrons. The summed E-state index contributed by atoms with van der Waals surface area (Å²) < 4.78 is 7.82. The van der Waals surface area contributed by atoms with Crippen LogP contribution in [0.15, 0.2) is 75.9 Å². The molecule has 8 heteroatoms. The van der Waals surface area contributed by atoms with Crippen LogP contribution < -0.4 is 4.74 Å². The lowest BCUT2D eigenvalue weighted by Gasteiger charge is -2.23. The van der Waals surface area contributed by atoms with Crippen molar-refractivity contribution in [1.29, 1.82) is 5.26 Å². The zero-order chi connectivity index (χ0) is 23.7. The van der Waals surface area contributed by atoms with E-state index in [1.165, 1.54) is 7.05 Å². The first-order chi connectivity index (χ1) is 15.8. The van der Waals surface area contributed by atoms with Crippen molar-refractivity contribution in [2.45, 2.75) is 6.92 Å². The highest BCUT2D eigenvalue weighted by atomic mass is 79.9. The van der Waals surface area contributed by atoms with Gasteiger partial charge < -0.3 is 4.74 Å². The molecule has 0 aliphatic carbocycles. The summed E-state index contributed by atoms with van der Waals surface area (Å²) in [6.45, 7) is 1.61. The number of para-hydroxylation sites is 1. The molecule has 0 fully saturated rings. The molecule has 0 N–H and O–H groups in total. The van der Waals surface area contributed by atoms with E-state index < -0.39 is 11.8 Å². The first-order valence-electron chi connectivity index (χ1n) is 10.00. The molecule has 4 rings (SSSR count). The minimum atomic E-state index is -0.601. The van der Waals surface area contributed by atoms with Crippen molar-refractivity contribution >= 4 is 33.8 Å². The Bertz CT molecular complexity index is 1380.